The average molecular weight is 442 g/mol. The van der Waals surface area contributed by atoms with Gasteiger partial charge in [0.05, 0.1) is 12.0 Å². The first kappa shape index (κ1) is 22.4. The molecule has 3 rings (SSSR count). The quantitative estimate of drug-likeness (QED) is 0.246. The minimum atomic E-state index is -0.412. The number of non-ortho nitro benzene ring substituents is 1. The minimum absolute atomic E-state index is 0.0750. The lowest BCUT2D eigenvalue weighted by molar-refractivity contribution is -0.384. The van der Waals surface area contributed by atoms with Gasteiger partial charge in [0.25, 0.3) is 5.69 Å². The van der Waals surface area contributed by atoms with Crippen LogP contribution in [0.4, 0.5) is 11.4 Å². The van der Waals surface area contributed by atoms with Crippen LogP contribution in [0.3, 0.4) is 0 Å². The van der Waals surface area contributed by atoms with Crippen LogP contribution in [-0.4, -0.2) is 25.1 Å². The molecule has 0 atom stereocenters. The lowest BCUT2D eigenvalue weighted by Gasteiger charge is -2.16. The van der Waals surface area contributed by atoms with E-state index in [9.17, 15) is 10.1 Å². The second kappa shape index (κ2) is 11.2. The zero-order valence-corrected chi connectivity index (χ0v) is 17.9. The number of para-hydroxylation sites is 1. The largest absolute Gasteiger partial charge is 0.493 e. The van der Waals surface area contributed by atoms with Crippen molar-refractivity contribution >= 4 is 23.0 Å². The second-order valence-corrected chi connectivity index (χ2v) is 7.14. The molecule has 0 spiro atoms. The van der Waals surface area contributed by atoms with Crippen molar-refractivity contribution in [3.63, 3.8) is 0 Å². The van der Waals surface area contributed by atoms with E-state index in [1.54, 1.807) is 19.2 Å². The summed E-state index contributed by atoms with van der Waals surface area (Å²) in [5.41, 5.74) is 2.78. The van der Waals surface area contributed by atoms with E-state index in [4.69, 9.17) is 21.1 Å². The van der Waals surface area contributed by atoms with E-state index in [2.05, 4.69) is 10.6 Å². The van der Waals surface area contributed by atoms with Crippen molar-refractivity contribution in [1.82, 2.24) is 5.32 Å². The van der Waals surface area contributed by atoms with Gasteiger partial charge >= 0.3 is 0 Å². The van der Waals surface area contributed by atoms with Crippen LogP contribution in [0, 0.1) is 10.1 Å². The molecule has 0 amide bonds. The molecule has 0 bridgehead atoms. The minimum Gasteiger partial charge on any atom is -0.493 e. The Kier molecular flexibility index (Phi) is 8.09. The Hall–Kier alpha value is -3.29. The lowest BCUT2D eigenvalue weighted by Crippen LogP contribution is -2.22. The number of nitro groups is 1. The van der Waals surface area contributed by atoms with Gasteiger partial charge in [0, 0.05) is 53.6 Å². The average Bonchev–Trinajstić information content (AvgIpc) is 2.79. The maximum absolute atomic E-state index is 10.7. The number of anilines is 1. The normalized spacial score (nSPS) is 10.5. The third-order valence-electron chi connectivity index (χ3n) is 4.63. The number of nitrogens with zero attached hydrogens (tertiary/aromatic N) is 1. The van der Waals surface area contributed by atoms with Crippen molar-refractivity contribution in [3.8, 4) is 11.5 Å². The third-order valence-corrected chi connectivity index (χ3v) is 5.00. The summed E-state index contributed by atoms with van der Waals surface area (Å²) < 4.78 is 11.5. The van der Waals surface area contributed by atoms with Crippen molar-refractivity contribution in [2.24, 2.45) is 0 Å². The van der Waals surface area contributed by atoms with E-state index in [1.165, 1.54) is 12.1 Å². The van der Waals surface area contributed by atoms with Gasteiger partial charge in [-0.15, -0.1) is 0 Å². The van der Waals surface area contributed by atoms with Crippen molar-refractivity contribution in [2.45, 2.75) is 13.2 Å². The molecule has 0 heterocycles. The molecule has 8 heteroatoms. The molecule has 0 fully saturated rings. The first-order valence-corrected chi connectivity index (χ1v) is 10.2. The fourth-order valence-corrected chi connectivity index (χ4v) is 3.20. The predicted molar refractivity (Wildman–Crippen MR) is 122 cm³/mol. The third kappa shape index (κ3) is 6.34. The van der Waals surface area contributed by atoms with Gasteiger partial charge < -0.3 is 20.1 Å². The molecule has 0 aliphatic heterocycles. The van der Waals surface area contributed by atoms with Gasteiger partial charge in [0.2, 0.25) is 0 Å². The summed E-state index contributed by atoms with van der Waals surface area (Å²) >= 11 is 6.23. The van der Waals surface area contributed by atoms with Gasteiger partial charge in [-0.3, -0.25) is 10.1 Å². The van der Waals surface area contributed by atoms with Crippen molar-refractivity contribution in [1.29, 1.82) is 0 Å². The summed E-state index contributed by atoms with van der Waals surface area (Å²) in [6.07, 6.45) is 0. The molecule has 3 aromatic rings. The molecule has 0 saturated heterocycles. The van der Waals surface area contributed by atoms with Gasteiger partial charge in [0.1, 0.15) is 6.61 Å². The van der Waals surface area contributed by atoms with Gasteiger partial charge in [-0.05, 0) is 24.3 Å². The monoisotopic (exact) mass is 441 g/mol. The highest BCUT2D eigenvalue weighted by atomic mass is 35.5. The fourth-order valence-electron chi connectivity index (χ4n) is 3.01. The number of ether oxygens (including phenoxy) is 2. The zero-order chi connectivity index (χ0) is 22.1. The number of rotatable bonds is 11. The summed E-state index contributed by atoms with van der Waals surface area (Å²) in [4.78, 5) is 10.3. The highest BCUT2D eigenvalue weighted by molar-refractivity contribution is 6.31. The van der Waals surface area contributed by atoms with Crippen molar-refractivity contribution in [2.75, 3.05) is 25.5 Å². The highest BCUT2D eigenvalue weighted by Gasteiger charge is 2.11. The Labute approximate surface area is 186 Å². The van der Waals surface area contributed by atoms with Crippen molar-refractivity contribution in [3.05, 3.63) is 93.0 Å². The first-order chi connectivity index (χ1) is 15.1. The van der Waals surface area contributed by atoms with Crippen molar-refractivity contribution < 1.29 is 14.4 Å². The molecule has 3 aromatic carbocycles. The summed E-state index contributed by atoms with van der Waals surface area (Å²) in [6.45, 7) is 2.29. The lowest BCUT2D eigenvalue weighted by atomic mass is 10.1. The van der Waals surface area contributed by atoms with Gasteiger partial charge in [-0.2, -0.15) is 0 Å². The van der Waals surface area contributed by atoms with E-state index in [0.29, 0.717) is 42.8 Å². The molecule has 2 N–H and O–H groups in total. The topological polar surface area (TPSA) is 85.7 Å². The van der Waals surface area contributed by atoms with Gasteiger partial charge in [-0.25, -0.2) is 0 Å². The van der Waals surface area contributed by atoms with E-state index in [1.807, 2.05) is 42.5 Å². The number of hydrogen-bond donors (Lipinski definition) is 2. The molecule has 0 aromatic heterocycles. The van der Waals surface area contributed by atoms with Crippen LogP contribution < -0.4 is 20.1 Å². The molecule has 162 valence electrons. The number of hydrogen-bond acceptors (Lipinski definition) is 6. The molecule has 7 nitrogen and oxygen atoms in total. The summed E-state index contributed by atoms with van der Waals surface area (Å²) in [5, 5.41) is 18.0. The number of benzene rings is 3. The Bertz CT molecular complexity index is 1010. The number of nitro benzene ring substituents is 1. The summed E-state index contributed by atoms with van der Waals surface area (Å²) in [6, 6.07) is 19.7. The van der Waals surface area contributed by atoms with Crippen LogP contribution in [0.1, 0.15) is 11.1 Å². The van der Waals surface area contributed by atoms with Crippen LogP contribution in [0.5, 0.6) is 11.5 Å². The van der Waals surface area contributed by atoms with Gasteiger partial charge in [0.15, 0.2) is 11.5 Å². The van der Waals surface area contributed by atoms with E-state index in [-0.39, 0.29) is 5.69 Å². The molecule has 0 unspecified atom stereocenters. The highest BCUT2D eigenvalue weighted by Crippen LogP contribution is 2.32. The molecule has 31 heavy (non-hydrogen) atoms. The second-order valence-electron chi connectivity index (χ2n) is 6.74. The molecular formula is C23H24ClN3O4. The maximum Gasteiger partial charge on any atom is 0.269 e. The van der Waals surface area contributed by atoms with Gasteiger partial charge in [-0.1, -0.05) is 41.9 Å². The van der Waals surface area contributed by atoms with Crippen LogP contribution >= 0.6 is 11.6 Å². The van der Waals surface area contributed by atoms with Crippen LogP contribution in [0.15, 0.2) is 66.7 Å². The van der Waals surface area contributed by atoms with Crippen LogP contribution in [-0.2, 0) is 13.2 Å². The Balaban J connectivity index is 1.53. The molecule has 0 aliphatic rings. The molecular weight excluding hydrogens is 418 g/mol. The summed E-state index contributed by atoms with van der Waals surface area (Å²) in [5.74, 6) is 1.34. The van der Waals surface area contributed by atoms with E-state index >= 15 is 0 Å². The predicted octanol–water partition coefficient (Wildman–Crippen LogP) is 5.04. The smallest absolute Gasteiger partial charge is 0.269 e. The SMILES string of the molecule is COc1cccc(CNCCNc2ccc([N+](=O)[O-])cc2)c1OCc1ccccc1Cl. The standard InChI is InChI=1S/C23H24ClN3O4/c1-30-22-8-4-6-17(23(22)31-16-18-5-2-3-7-21(18)24)15-25-13-14-26-19-9-11-20(12-10-19)27(28)29/h2-12,25-26H,13-16H2,1H3. The Morgan fingerprint density at radius 3 is 2.42 bits per heavy atom. The number of methoxy groups -OCH3 is 1. The molecule has 0 radical (unpaired) electrons. The van der Waals surface area contributed by atoms with E-state index in [0.717, 1.165) is 16.8 Å². The Morgan fingerprint density at radius 2 is 1.71 bits per heavy atom. The molecule has 0 aliphatic carbocycles. The maximum atomic E-state index is 10.7. The first-order valence-electron chi connectivity index (χ1n) is 9.79. The molecule has 0 saturated carbocycles. The van der Waals surface area contributed by atoms with Crippen LogP contribution in [0.25, 0.3) is 0 Å². The Morgan fingerprint density at radius 1 is 0.968 bits per heavy atom. The van der Waals surface area contributed by atoms with Crippen LogP contribution in [0.2, 0.25) is 5.02 Å². The number of halogens is 1. The fraction of sp³-hybridized carbons (Fsp3) is 0.217. The zero-order valence-electron chi connectivity index (χ0n) is 17.1. The summed E-state index contributed by atoms with van der Waals surface area (Å²) in [7, 11) is 1.61. The number of nitrogens with one attached hydrogen (secondary N) is 2. The van der Waals surface area contributed by atoms with E-state index < -0.39 is 4.92 Å².